The van der Waals surface area contributed by atoms with E-state index < -0.39 is 0 Å². The quantitative estimate of drug-likeness (QED) is 0.790. The minimum atomic E-state index is 0.913. The summed E-state index contributed by atoms with van der Waals surface area (Å²) in [4.78, 5) is 2.45. The normalized spacial score (nSPS) is 29.8. The smallest absolute Gasteiger partial charge is 0.0172 e. The van der Waals surface area contributed by atoms with Crippen molar-refractivity contribution in [3.05, 3.63) is 0 Å². The molecule has 2 saturated heterocycles. The fraction of sp³-hybridized carbons (Fsp3) is 1.00. The number of nitrogens with zero attached hydrogens (tertiary/aromatic N) is 1. The molecular formula is C12H24N2S. The van der Waals surface area contributed by atoms with Crippen LogP contribution in [0.15, 0.2) is 0 Å². The predicted octanol–water partition coefficient (Wildman–Crippen LogP) is 1.81. The highest BCUT2D eigenvalue weighted by Gasteiger charge is 2.18. The lowest BCUT2D eigenvalue weighted by Gasteiger charge is -2.29. The first-order chi connectivity index (χ1) is 7.34. The van der Waals surface area contributed by atoms with Gasteiger partial charge in [-0.3, -0.25) is 0 Å². The number of hydrogen-bond donors (Lipinski definition) is 1. The Kier molecular flexibility index (Phi) is 4.79. The Morgan fingerprint density at radius 3 is 2.67 bits per heavy atom. The van der Waals surface area contributed by atoms with Crippen molar-refractivity contribution in [2.24, 2.45) is 5.92 Å². The summed E-state index contributed by atoms with van der Waals surface area (Å²) in [6.07, 6.45) is 5.65. The third kappa shape index (κ3) is 3.97. The van der Waals surface area contributed by atoms with E-state index in [1.807, 2.05) is 0 Å². The standard InChI is InChI=1S/C12H24N2S/c1-14-6-4-11(5-7-14)9-13-10-12-3-2-8-15-12/h11-13H,2-10H2,1H3. The zero-order valence-electron chi connectivity index (χ0n) is 9.87. The van der Waals surface area contributed by atoms with Crippen LogP contribution in [-0.2, 0) is 0 Å². The SMILES string of the molecule is CN1CCC(CNCC2CCCS2)CC1. The van der Waals surface area contributed by atoms with Gasteiger partial charge in [0.05, 0.1) is 0 Å². The van der Waals surface area contributed by atoms with Crippen LogP contribution in [0.2, 0.25) is 0 Å². The van der Waals surface area contributed by atoms with Gasteiger partial charge in [-0.2, -0.15) is 11.8 Å². The molecule has 1 N–H and O–H groups in total. The van der Waals surface area contributed by atoms with Crippen molar-refractivity contribution >= 4 is 11.8 Å². The summed E-state index contributed by atoms with van der Waals surface area (Å²) in [7, 11) is 2.23. The summed E-state index contributed by atoms with van der Waals surface area (Å²) in [5.41, 5.74) is 0. The van der Waals surface area contributed by atoms with Crippen molar-refractivity contribution in [2.45, 2.75) is 30.9 Å². The number of hydrogen-bond acceptors (Lipinski definition) is 3. The minimum Gasteiger partial charge on any atom is -0.315 e. The van der Waals surface area contributed by atoms with Gasteiger partial charge in [-0.05, 0) is 64.0 Å². The van der Waals surface area contributed by atoms with E-state index in [-0.39, 0.29) is 0 Å². The van der Waals surface area contributed by atoms with E-state index in [2.05, 4.69) is 29.0 Å². The molecule has 2 fully saturated rings. The van der Waals surface area contributed by atoms with Gasteiger partial charge in [0.1, 0.15) is 0 Å². The Labute approximate surface area is 98.2 Å². The van der Waals surface area contributed by atoms with E-state index in [9.17, 15) is 0 Å². The maximum absolute atomic E-state index is 3.67. The van der Waals surface area contributed by atoms with E-state index in [1.165, 1.54) is 57.6 Å². The summed E-state index contributed by atoms with van der Waals surface area (Å²) < 4.78 is 0. The van der Waals surface area contributed by atoms with Crippen molar-refractivity contribution in [3.63, 3.8) is 0 Å². The van der Waals surface area contributed by atoms with E-state index in [0.29, 0.717) is 0 Å². The van der Waals surface area contributed by atoms with Crippen LogP contribution in [0.25, 0.3) is 0 Å². The molecule has 0 spiro atoms. The molecule has 1 atom stereocenters. The van der Waals surface area contributed by atoms with E-state index in [4.69, 9.17) is 0 Å². The van der Waals surface area contributed by atoms with Crippen LogP contribution < -0.4 is 5.32 Å². The molecule has 0 amide bonds. The monoisotopic (exact) mass is 228 g/mol. The molecule has 15 heavy (non-hydrogen) atoms. The number of likely N-dealkylation sites (tertiary alicyclic amines) is 1. The average molecular weight is 228 g/mol. The summed E-state index contributed by atoms with van der Waals surface area (Å²) in [5.74, 6) is 2.33. The van der Waals surface area contributed by atoms with Crippen LogP contribution in [0.4, 0.5) is 0 Å². The number of piperidine rings is 1. The van der Waals surface area contributed by atoms with Crippen LogP contribution in [0.3, 0.4) is 0 Å². The van der Waals surface area contributed by atoms with E-state index in [0.717, 1.165) is 11.2 Å². The molecular weight excluding hydrogens is 204 g/mol. The lowest BCUT2D eigenvalue weighted by atomic mass is 9.97. The largest absolute Gasteiger partial charge is 0.315 e. The Balaban J connectivity index is 1.53. The highest BCUT2D eigenvalue weighted by atomic mass is 32.2. The summed E-state index contributed by atoms with van der Waals surface area (Å²) in [6, 6.07) is 0. The van der Waals surface area contributed by atoms with Gasteiger partial charge < -0.3 is 10.2 Å². The molecule has 0 aromatic heterocycles. The zero-order chi connectivity index (χ0) is 10.5. The van der Waals surface area contributed by atoms with Crippen molar-refractivity contribution in [3.8, 4) is 0 Å². The van der Waals surface area contributed by atoms with Crippen LogP contribution in [0, 0.1) is 5.92 Å². The van der Waals surface area contributed by atoms with Gasteiger partial charge in [0.15, 0.2) is 0 Å². The van der Waals surface area contributed by atoms with Crippen molar-refractivity contribution in [1.29, 1.82) is 0 Å². The first-order valence-electron chi connectivity index (χ1n) is 6.35. The Bertz CT molecular complexity index is 172. The highest BCUT2D eigenvalue weighted by molar-refractivity contribution is 8.00. The van der Waals surface area contributed by atoms with Gasteiger partial charge >= 0.3 is 0 Å². The molecule has 0 bridgehead atoms. The van der Waals surface area contributed by atoms with Gasteiger partial charge in [0, 0.05) is 11.8 Å². The molecule has 2 heterocycles. The topological polar surface area (TPSA) is 15.3 Å². The summed E-state index contributed by atoms with van der Waals surface area (Å²) in [5, 5.41) is 4.59. The predicted molar refractivity (Wildman–Crippen MR) is 68.6 cm³/mol. The fourth-order valence-electron chi connectivity index (χ4n) is 2.52. The highest BCUT2D eigenvalue weighted by Crippen LogP contribution is 2.25. The lowest BCUT2D eigenvalue weighted by Crippen LogP contribution is -2.36. The molecule has 0 saturated carbocycles. The van der Waals surface area contributed by atoms with Gasteiger partial charge in [-0.15, -0.1) is 0 Å². The van der Waals surface area contributed by atoms with Crippen LogP contribution in [0.5, 0.6) is 0 Å². The molecule has 2 nitrogen and oxygen atoms in total. The average Bonchev–Trinajstić information content (AvgIpc) is 2.74. The van der Waals surface area contributed by atoms with Crippen LogP contribution in [0.1, 0.15) is 25.7 Å². The molecule has 2 aliphatic rings. The van der Waals surface area contributed by atoms with Crippen LogP contribution >= 0.6 is 11.8 Å². The second-order valence-corrected chi connectivity index (χ2v) is 6.45. The molecule has 1 unspecified atom stereocenters. The van der Waals surface area contributed by atoms with Crippen molar-refractivity contribution in [1.82, 2.24) is 10.2 Å². The second-order valence-electron chi connectivity index (χ2n) is 5.04. The molecule has 0 aliphatic carbocycles. The number of rotatable bonds is 4. The number of nitrogens with one attached hydrogen (secondary N) is 1. The van der Waals surface area contributed by atoms with Crippen molar-refractivity contribution < 1.29 is 0 Å². The second kappa shape index (κ2) is 6.12. The summed E-state index contributed by atoms with van der Waals surface area (Å²) in [6.45, 7) is 5.09. The van der Waals surface area contributed by atoms with E-state index >= 15 is 0 Å². The zero-order valence-corrected chi connectivity index (χ0v) is 10.7. The Morgan fingerprint density at radius 1 is 1.20 bits per heavy atom. The lowest BCUT2D eigenvalue weighted by molar-refractivity contribution is 0.216. The Morgan fingerprint density at radius 2 is 2.00 bits per heavy atom. The maximum Gasteiger partial charge on any atom is 0.0172 e. The van der Waals surface area contributed by atoms with Crippen LogP contribution in [-0.4, -0.2) is 49.1 Å². The van der Waals surface area contributed by atoms with Gasteiger partial charge in [-0.25, -0.2) is 0 Å². The summed E-state index contributed by atoms with van der Waals surface area (Å²) >= 11 is 2.16. The van der Waals surface area contributed by atoms with Gasteiger partial charge in [0.2, 0.25) is 0 Å². The minimum absolute atomic E-state index is 0.913. The molecule has 0 radical (unpaired) electrons. The maximum atomic E-state index is 3.67. The molecule has 0 aromatic rings. The molecule has 0 aromatic carbocycles. The first-order valence-corrected chi connectivity index (χ1v) is 7.40. The molecule has 2 aliphatic heterocycles. The third-order valence-corrected chi connectivity index (χ3v) is 5.07. The molecule has 88 valence electrons. The van der Waals surface area contributed by atoms with Gasteiger partial charge in [0.25, 0.3) is 0 Å². The van der Waals surface area contributed by atoms with Crippen molar-refractivity contribution in [2.75, 3.05) is 39.0 Å². The van der Waals surface area contributed by atoms with E-state index in [1.54, 1.807) is 0 Å². The Hall–Kier alpha value is 0.270. The van der Waals surface area contributed by atoms with Gasteiger partial charge in [-0.1, -0.05) is 0 Å². The number of thioether (sulfide) groups is 1. The molecule has 3 heteroatoms. The third-order valence-electron chi connectivity index (χ3n) is 3.67. The first kappa shape index (κ1) is 11.7. The fourth-order valence-corrected chi connectivity index (χ4v) is 3.76. The molecule has 2 rings (SSSR count).